The predicted octanol–water partition coefficient (Wildman–Crippen LogP) is -2.97. The summed E-state index contributed by atoms with van der Waals surface area (Å²) in [6.07, 6.45) is -2.56. The van der Waals surface area contributed by atoms with Crippen molar-refractivity contribution in [1.82, 2.24) is 0 Å². The van der Waals surface area contributed by atoms with Crippen LogP contribution in [0.1, 0.15) is 34.6 Å². The zero-order valence-corrected chi connectivity index (χ0v) is 15.4. The number of aliphatic hydroxyl groups is 4. The minimum atomic E-state index is -3.97. The molecule has 4 N–H and O–H groups in total. The molecular weight excluding hydrogens is 368 g/mol. The fraction of sp³-hybridized carbons (Fsp3) is 0.625. The highest BCUT2D eigenvalue weighted by atomic mass is 16.5. The van der Waals surface area contributed by atoms with Gasteiger partial charge in [-0.25, -0.2) is 0 Å². The number of hydrogen-bond acceptors (Lipinski definition) is 11. The molecule has 0 spiro atoms. The van der Waals surface area contributed by atoms with Crippen molar-refractivity contribution >= 4 is 34.9 Å². The lowest BCUT2D eigenvalue weighted by Gasteiger charge is -2.48. The van der Waals surface area contributed by atoms with Crippen LogP contribution in [-0.4, -0.2) is 84.8 Å². The average molecular weight is 390 g/mol. The maximum Gasteiger partial charge on any atom is 0.302 e. The van der Waals surface area contributed by atoms with Gasteiger partial charge in [0.1, 0.15) is 12.7 Å². The standard InChI is InChI=1S/C16H22O11/c1-7(17)13(23)15(25,9(3)19)16(26,10(4)20)14(24,8(2)18)12(22)6-27-11(5)21/h12,22,24-26H,6H2,1-5H3/t12-,14+,15+,16+/m1/s1. The van der Waals surface area contributed by atoms with Crippen molar-refractivity contribution in [1.29, 1.82) is 0 Å². The minimum absolute atomic E-state index is 0.508. The molecule has 0 aliphatic rings. The van der Waals surface area contributed by atoms with Gasteiger partial charge in [-0.3, -0.25) is 28.8 Å². The van der Waals surface area contributed by atoms with Gasteiger partial charge in [0.2, 0.25) is 17.0 Å². The fourth-order valence-corrected chi connectivity index (χ4v) is 2.68. The van der Waals surface area contributed by atoms with Crippen LogP contribution in [0.4, 0.5) is 0 Å². The van der Waals surface area contributed by atoms with Gasteiger partial charge in [0.15, 0.2) is 28.7 Å². The van der Waals surface area contributed by atoms with Gasteiger partial charge in [-0.2, -0.15) is 0 Å². The summed E-state index contributed by atoms with van der Waals surface area (Å²) in [5.74, 6) is -9.35. The molecule has 11 nitrogen and oxygen atoms in total. The number of aliphatic hydroxyl groups excluding tert-OH is 1. The minimum Gasteiger partial charge on any atom is -0.463 e. The molecule has 0 aliphatic heterocycles. The van der Waals surface area contributed by atoms with Crippen LogP contribution in [0.2, 0.25) is 0 Å². The number of Topliss-reactive ketones (excluding diaryl/α,β-unsaturated/α-hetero) is 5. The van der Waals surface area contributed by atoms with E-state index in [0.29, 0.717) is 27.7 Å². The number of hydrogen-bond donors (Lipinski definition) is 4. The summed E-state index contributed by atoms with van der Waals surface area (Å²) in [5.41, 5.74) is -11.6. The Balaban J connectivity index is 6.97. The Bertz CT molecular complexity index is 696. The Morgan fingerprint density at radius 2 is 1.26 bits per heavy atom. The van der Waals surface area contributed by atoms with Gasteiger partial charge >= 0.3 is 5.97 Å². The van der Waals surface area contributed by atoms with E-state index in [1.807, 2.05) is 0 Å². The summed E-state index contributed by atoms with van der Waals surface area (Å²) >= 11 is 0. The number of carbonyl (C=O) groups excluding carboxylic acids is 6. The average Bonchev–Trinajstić information content (AvgIpc) is 2.55. The van der Waals surface area contributed by atoms with Crippen molar-refractivity contribution in [3.8, 4) is 0 Å². The molecule has 0 amide bonds. The van der Waals surface area contributed by atoms with E-state index < -0.39 is 64.4 Å². The van der Waals surface area contributed by atoms with Crippen molar-refractivity contribution in [3.63, 3.8) is 0 Å². The Labute approximate surface area is 153 Å². The second kappa shape index (κ2) is 8.13. The fourth-order valence-electron chi connectivity index (χ4n) is 2.68. The van der Waals surface area contributed by atoms with Crippen molar-refractivity contribution in [2.75, 3.05) is 6.61 Å². The molecule has 0 unspecified atom stereocenters. The third-order valence-electron chi connectivity index (χ3n) is 4.21. The van der Waals surface area contributed by atoms with Crippen molar-refractivity contribution in [2.45, 2.75) is 57.5 Å². The lowest BCUT2D eigenvalue weighted by Crippen LogP contribution is -2.81. The lowest BCUT2D eigenvalue weighted by atomic mass is 9.61. The quantitative estimate of drug-likeness (QED) is 0.169. The van der Waals surface area contributed by atoms with Crippen LogP contribution in [0.15, 0.2) is 0 Å². The summed E-state index contributed by atoms with van der Waals surface area (Å²) in [4.78, 5) is 70.8. The molecule has 0 aromatic rings. The number of carbonyl (C=O) groups is 6. The van der Waals surface area contributed by atoms with E-state index in [0.717, 1.165) is 6.92 Å². The third-order valence-corrected chi connectivity index (χ3v) is 4.21. The molecule has 0 saturated carbocycles. The maximum absolute atomic E-state index is 12.2. The van der Waals surface area contributed by atoms with Crippen LogP contribution in [0, 0.1) is 0 Å². The Morgan fingerprint density at radius 3 is 1.52 bits per heavy atom. The van der Waals surface area contributed by atoms with E-state index in [1.165, 1.54) is 0 Å². The largest absolute Gasteiger partial charge is 0.463 e. The van der Waals surface area contributed by atoms with Crippen LogP contribution in [0.25, 0.3) is 0 Å². The van der Waals surface area contributed by atoms with Crippen molar-refractivity contribution < 1.29 is 53.9 Å². The molecule has 0 heterocycles. The molecule has 0 rings (SSSR count). The molecular formula is C16H22O11. The molecule has 152 valence electrons. The van der Waals surface area contributed by atoms with E-state index in [4.69, 9.17) is 0 Å². The van der Waals surface area contributed by atoms with E-state index in [1.54, 1.807) is 0 Å². The topological polar surface area (TPSA) is 193 Å². The first kappa shape index (κ1) is 24.7. The predicted molar refractivity (Wildman–Crippen MR) is 85.2 cm³/mol. The van der Waals surface area contributed by atoms with Crippen molar-refractivity contribution in [2.24, 2.45) is 0 Å². The third kappa shape index (κ3) is 3.72. The van der Waals surface area contributed by atoms with Gasteiger partial charge in [-0.15, -0.1) is 0 Å². The van der Waals surface area contributed by atoms with Gasteiger partial charge in [-0.1, -0.05) is 0 Å². The zero-order chi connectivity index (χ0) is 22.0. The Kier molecular flexibility index (Phi) is 7.42. The summed E-state index contributed by atoms with van der Waals surface area (Å²) in [6, 6.07) is 0. The molecule has 4 atom stereocenters. The van der Waals surface area contributed by atoms with Crippen molar-refractivity contribution in [3.05, 3.63) is 0 Å². The maximum atomic E-state index is 12.2. The number of ketones is 5. The van der Waals surface area contributed by atoms with Gasteiger partial charge in [0.05, 0.1) is 0 Å². The lowest BCUT2D eigenvalue weighted by molar-refractivity contribution is -0.247. The normalized spacial score (nSPS) is 18.9. The van der Waals surface area contributed by atoms with Crippen LogP contribution in [0.3, 0.4) is 0 Å². The summed E-state index contributed by atoms with van der Waals surface area (Å²) < 4.78 is 4.41. The molecule has 0 aromatic carbocycles. The van der Waals surface area contributed by atoms with Crippen LogP contribution in [-0.2, 0) is 33.5 Å². The number of ether oxygens (including phenoxy) is 1. The van der Waals surface area contributed by atoms with Gasteiger partial charge in [-0.05, 0) is 20.8 Å². The molecule has 27 heavy (non-hydrogen) atoms. The molecule has 0 aromatic heterocycles. The Hall–Kier alpha value is -2.34. The van der Waals surface area contributed by atoms with Crippen LogP contribution >= 0.6 is 0 Å². The zero-order valence-electron chi connectivity index (χ0n) is 15.4. The molecule has 0 aliphatic carbocycles. The van der Waals surface area contributed by atoms with E-state index in [2.05, 4.69) is 4.74 Å². The first-order valence-corrected chi connectivity index (χ1v) is 7.59. The van der Waals surface area contributed by atoms with Gasteiger partial charge in [0, 0.05) is 13.8 Å². The second-order valence-electron chi connectivity index (χ2n) is 6.06. The molecule has 0 fully saturated rings. The van der Waals surface area contributed by atoms with E-state index in [-0.39, 0.29) is 0 Å². The van der Waals surface area contributed by atoms with Gasteiger partial charge < -0.3 is 25.2 Å². The molecule has 0 bridgehead atoms. The smallest absolute Gasteiger partial charge is 0.302 e. The molecule has 0 radical (unpaired) electrons. The SMILES string of the molecule is CC(=O)OC[C@@H](O)[C@@](O)(C(C)=O)[C@@](O)(C(C)=O)[C@](O)(C(C)=O)C(=O)C(C)=O. The molecule has 11 heteroatoms. The molecule has 0 saturated heterocycles. The first-order valence-electron chi connectivity index (χ1n) is 7.59. The first-order chi connectivity index (χ1) is 12.0. The van der Waals surface area contributed by atoms with Crippen LogP contribution < -0.4 is 0 Å². The second-order valence-corrected chi connectivity index (χ2v) is 6.06. The highest BCUT2D eigenvalue weighted by Gasteiger charge is 2.74. The van der Waals surface area contributed by atoms with Gasteiger partial charge in [0.25, 0.3) is 0 Å². The summed E-state index contributed by atoms with van der Waals surface area (Å²) in [6.45, 7) is 1.97. The highest BCUT2D eigenvalue weighted by molar-refractivity contribution is 6.45. The van der Waals surface area contributed by atoms with E-state index in [9.17, 15) is 49.2 Å². The van der Waals surface area contributed by atoms with E-state index >= 15 is 0 Å². The Morgan fingerprint density at radius 1 is 0.815 bits per heavy atom. The summed E-state index contributed by atoms with van der Waals surface area (Å²) in [5, 5.41) is 42.4. The monoisotopic (exact) mass is 390 g/mol. The number of rotatable bonds is 10. The summed E-state index contributed by atoms with van der Waals surface area (Å²) in [7, 11) is 0. The van der Waals surface area contributed by atoms with Crippen LogP contribution in [0.5, 0.6) is 0 Å². The highest BCUT2D eigenvalue weighted by Crippen LogP contribution is 2.39. The number of esters is 1.